The molecule has 0 aliphatic heterocycles. The molecule has 0 spiro atoms. The molecule has 1 rings (SSSR count). The van der Waals surface area contributed by atoms with Crippen LogP contribution in [0.5, 0.6) is 0 Å². The van der Waals surface area contributed by atoms with E-state index in [1.807, 2.05) is 0 Å². The molecule has 0 heterocycles. The molecular weight excluding hydrogens is 222 g/mol. The Bertz CT molecular complexity index is 348. The minimum Gasteiger partial charge on any atom is -0.396 e. The summed E-state index contributed by atoms with van der Waals surface area (Å²) in [6.07, 6.45) is -4.56. The molecule has 0 fully saturated rings. The molecule has 0 atom stereocenters. The Morgan fingerprint density at radius 1 is 1.29 bits per heavy atom. The van der Waals surface area contributed by atoms with Crippen LogP contribution in [0.2, 0.25) is 0 Å². The number of anilines is 1. The molecule has 1 nitrogen and oxygen atoms in total. The van der Waals surface area contributed by atoms with E-state index in [2.05, 4.69) is 0 Å². The van der Waals surface area contributed by atoms with Gasteiger partial charge in [0.15, 0.2) is 0 Å². The van der Waals surface area contributed by atoms with E-state index in [9.17, 15) is 17.6 Å². The van der Waals surface area contributed by atoms with Gasteiger partial charge in [-0.2, -0.15) is 13.2 Å². The van der Waals surface area contributed by atoms with Crippen LogP contribution in [0, 0.1) is 5.82 Å². The van der Waals surface area contributed by atoms with E-state index in [0.29, 0.717) is 12.1 Å². The van der Waals surface area contributed by atoms with E-state index in [0.717, 1.165) is 0 Å². The molecule has 78 valence electrons. The van der Waals surface area contributed by atoms with Gasteiger partial charge in [0.2, 0.25) is 0 Å². The normalized spacial score (nSPS) is 11.8. The molecule has 0 saturated carbocycles. The molecule has 0 bridgehead atoms. The Morgan fingerprint density at radius 3 is 2.29 bits per heavy atom. The zero-order chi connectivity index (χ0) is 10.9. The third kappa shape index (κ3) is 1.92. The second kappa shape index (κ2) is 3.65. The molecular formula is C8H6ClF4N. The van der Waals surface area contributed by atoms with E-state index in [4.69, 9.17) is 17.3 Å². The maximum atomic E-state index is 12.8. The van der Waals surface area contributed by atoms with Gasteiger partial charge in [-0.3, -0.25) is 0 Å². The molecule has 0 saturated heterocycles. The molecule has 0 unspecified atom stereocenters. The second-order valence-electron chi connectivity index (χ2n) is 2.62. The molecule has 2 N–H and O–H groups in total. The molecule has 6 heteroatoms. The minimum absolute atomic E-state index is 0.417. The predicted octanol–water partition coefficient (Wildman–Crippen LogP) is 3.17. The van der Waals surface area contributed by atoms with Crippen LogP contribution in [0.15, 0.2) is 12.1 Å². The van der Waals surface area contributed by atoms with Gasteiger partial charge >= 0.3 is 6.18 Å². The highest BCUT2D eigenvalue weighted by molar-refractivity contribution is 6.17. The standard InChI is InChI=1S/C8H6ClF4N/c9-3-4-5(8(11,12)13)1-2-6(10)7(4)14/h1-2H,3,14H2. The Kier molecular flexibility index (Phi) is 2.89. The second-order valence-corrected chi connectivity index (χ2v) is 2.89. The van der Waals surface area contributed by atoms with Crippen LogP contribution in [0.3, 0.4) is 0 Å². The van der Waals surface area contributed by atoms with Crippen LogP contribution in [0.1, 0.15) is 11.1 Å². The average molecular weight is 228 g/mol. The van der Waals surface area contributed by atoms with Gasteiger partial charge in [-0.15, -0.1) is 11.6 Å². The third-order valence-electron chi connectivity index (χ3n) is 1.74. The van der Waals surface area contributed by atoms with Crippen molar-refractivity contribution in [3.8, 4) is 0 Å². The lowest BCUT2D eigenvalue weighted by molar-refractivity contribution is -0.138. The molecule has 0 aliphatic carbocycles. The third-order valence-corrected chi connectivity index (χ3v) is 2.01. The van der Waals surface area contributed by atoms with Gasteiger partial charge in [-0.1, -0.05) is 0 Å². The Balaban J connectivity index is 3.39. The summed E-state index contributed by atoms with van der Waals surface area (Å²) in [6, 6.07) is 1.30. The molecule has 0 radical (unpaired) electrons. The van der Waals surface area contributed by atoms with Gasteiger partial charge < -0.3 is 5.73 Å². The average Bonchev–Trinajstić information content (AvgIpc) is 2.07. The summed E-state index contributed by atoms with van der Waals surface area (Å²) in [6.45, 7) is 0. The van der Waals surface area contributed by atoms with Crippen molar-refractivity contribution in [2.75, 3.05) is 5.73 Å². The minimum atomic E-state index is -4.56. The fourth-order valence-electron chi connectivity index (χ4n) is 1.05. The predicted molar refractivity (Wildman–Crippen MR) is 45.4 cm³/mol. The number of halogens is 5. The highest BCUT2D eigenvalue weighted by Gasteiger charge is 2.34. The topological polar surface area (TPSA) is 26.0 Å². The fraction of sp³-hybridized carbons (Fsp3) is 0.250. The number of benzene rings is 1. The van der Waals surface area contributed by atoms with Crippen molar-refractivity contribution in [2.45, 2.75) is 12.1 Å². The molecule has 1 aromatic rings. The first-order valence-corrected chi connectivity index (χ1v) is 4.11. The lowest BCUT2D eigenvalue weighted by atomic mass is 10.1. The van der Waals surface area contributed by atoms with Crippen molar-refractivity contribution in [2.24, 2.45) is 0 Å². The summed E-state index contributed by atoms with van der Waals surface area (Å²) < 4.78 is 49.7. The van der Waals surface area contributed by atoms with Crippen LogP contribution < -0.4 is 5.73 Å². The summed E-state index contributed by atoms with van der Waals surface area (Å²) in [5.41, 5.74) is 3.17. The zero-order valence-corrected chi connectivity index (χ0v) is 7.58. The Hall–Kier alpha value is -0.970. The van der Waals surface area contributed by atoms with Gasteiger partial charge in [0.05, 0.1) is 17.1 Å². The van der Waals surface area contributed by atoms with E-state index in [1.54, 1.807) is 0 Å². The number of nitrogen functional groups attached to an aromatic ring is 1. The maximum absolute atomic E-state index is 12.8. The Morgan fingerprint density at radius 2 is 1.86 bits per heavy atom. The summed E-state index contributed by atoms with van der Waals surface area (Å²) in [5.74, 6) is -1.37. The van der Waals surface area contributed by atoms with Gasteiger partial charge in [-0.05, 0) is 12.1 Å². The van der Waals surface area contributed by atoms with Gasteiger partial charge in [0.25, 0.3) is 0 Å². The van der Waals surface area contributed by atoms with Gasteiger partial charge in [0.1, 0.15) is 5.82 Å². The van der Waals surface area contributed by atoms with E-state index < -0.39 is 34.7 Å². The molecule has 0 aromatic heterocycles. The van der Waals surface area contributed by atoms with Crippen LogP contribution in [-0.4, -0.2) is 0 Å². The fourth-order valence-corrected chi connectivity index (χ4v) is 1.33. The summed E-state index contributed by atoms with van der Waals surface area (Å²) in [7, 11) is 0. The number of rotatable bonds is 1. The first kappa shape index (κ1) is 11.1. The molecule has 1 aromatic carbocycles. The quantitative estimate of drug-likeness (QED) is 0.445. The summed E-state index contributed by atoms with van der Waals surface area (Å²) in [4.78, 5) is 0. The van der Waals surface area contributed by atoms with E-state index >= 15 is 0 Å². The van der Waals surface area contributed by atoms with E-state index in [-0.39, 0.29) is 0 Å². The number of alkyl halides is 4. The van der Waals surface area contributed by atoms with Crippen molar-refractivity contribution in [3.63, 3.8) is 0 Å². The van der Waals surface area contributed by atoms with Crippen molar-refractivity contribution >= 4 is 17.3 Å². The first-order valence-electron chi connectivity index (χ1n) is 3.58. The SMILES string of the molecule is Nc1c(F)ccc(C(F)(F)F)c1CCl. The van der Waals surface area contributed by atoms with Crippen LogP contribution in [0.4, 0.5) is 23.2 Å². The zero-order valence-electron chi connectivity index (χ0n) is 6.83. The van der Waals surface area contributed by atoms with Crippen molar-refractivity contribution in [3.05, 3.63) is 29.1 Å². The van der Waals surface area contributed by atoms with Crippen LogP contribution >= 0.6 is 11.6 Å². The number of nitrogens with two attached hydrogens (primary N) is 1. The highest BCUT2D eigenvalue weighted by Crippen LogP contribution is 2.35. The molecule has 0 aliphatic rings. The number of hydrogen-bond donors (Lipinski definition) is 1. The lowest BCUT2D eigenvalue weighted by Gasteiger charge is -2.13. The van der Waals surface area contributed by atoms with Crippen molar-refractivity contribution in [1.29, 1.82) is 0 Å². The summed E-state index contributed by atoms with van der Waals surface area (Å²) >= 11 is 5.27. The Labute approximate surface area is 82.5 Å². The van der Waals surface area contributed by atoms with Crippen LogP contribution in [-0.2, 0) is 12.1 Å². The maximum Gasteiger partial charge on any atom is 0.416 e. The number of hydrogen-bond acceptors (Lipinski definition) is 1. The lowest BCUT2D eigenvalue weighted by Crippen LogP contribution is -2.11. The monoisotopic (exact) mass is 227 g/mol. The smallest absolute Gasteiger partial charge is 0.396 e. The van der Waals surface area contributed by atoms with Crippen molar-refractivity contribution in [1.82, 2.24) is 0 Å². The van der Waals surface area contributed by atoms with Gasteiger partial charge in [0, 0.05) is 5.56 Å². The van der Waals surface area contributed by atoms with Crippen molar-refractivity contribution < 1.29 is 17.6 Å². The van der Waals surface area contributed by atoms with E-state index in [1.165, 1.54) is 0 Å². The summed E-state index contributed by atoms with van der Waals surface area (Å²) in [5, 5.41) is 0. The highest BCUT2D eigenvalue weighted by atomic mass is 35.5. The first-order chi connectivity index (χ1) is 6.38. The van der Waals surface area contributed by atoms with Gasteiger partial charge in [-0.25, -0.2) is 4.39 Å². The van der Waals surface area contributed by atoms with Crippen LogP contribution in [0.25, 0.3) is 0 Å². The molecule has 14 heavy (non-hydrogen) atoms. The molecule has 0 amide bonds. The largest absolute Gasteiger partial charge is 0.416 e.